The Morgan fingerprint density at radius 2 is 2.24 bits per heavy atom. The Labute approximate surface area is 123 Å². The number of carbonyl (C=O) groups excluding carboxylic acids is 1. The van der Waals surface area contributed by atoms with Crippen LogP contribution in [0.2, 0.25) is 0 Å². The molecule has 7 nitrogen and oxygen atoms in total. The molecule has 2 aromatic rings. The van der Waals surface area contributed by atoms with Crippen LogP contribution in [0.25, 0.3) is 0 Å². The van der Waals surface area contributed by atoms with E-state index in [-0.39, 0.29) is 18.7 Å². The lowest BCUT2D eigenvalue weighted by atomic mass is 10.3. The molecule has 0 radical (unpaired) electrons. The van der Waals surface area contributed by atoms with E-state index >= 15 is 0 Å². The highest BCUT2D eigenvalue weighted by molar-refractivity contribution is 5.88. The van der Waals surface area contributed by atoms with Gasteiger partial charge in [-0.2, -0.15) is 5.10 Å². The third-order valence-corrected chi connectivity index (χ3v) is 3.24. The largest absolute Gasteiger partial charge is 0.394 e. The first-order chi connectivity index (χ1) is 10.1. The minimum absolute atomic E-state index is 0.0862. The van der Waals surface area contributed by atoms with Crippen molar-refractivity contribution in [2.45, 2.75) is 19.5 Å². The van der Waals surface area contributed by atoms with Gasteiger partial charge in [-0.05, 0) is 19.1 Å². The van der Waals surface area contributed by atoms with E-state index in [0.717, 1.165) is 5.69 Å². The summed E-state index contributed by atoms with van der Waals surface area (Å²) in [5.74, 6) is 0.586. The number of aliphatic hydroxyl groups excluding tert-OH is 1. The number of aromatic nitrogens is 3. The molecule has 0 saturated heterocycles. The van der Waals surface area contributed by atoms with Gasteiger partial charge < -0.3 is 10.0 Å². The van der Waals surface area contributed by atoms with Crippen LogP contribution >= 0.6 is 0 Å². The highest BCUT2D eigenvalue weighted by atomic mass is 16.3. The van der Waals surface area contributed by atoms with Gasteiger partial charge in [-0.25, -0.2) is 9.48 Å². The molecule has 2 heterocycles. The van der Waals surface area contributed by atoms with Crippen molar-refractivity contribution in [3.8, 4) is 0 Å². The van der Waals surface area contributed by atoms with Gasteiger partial charge in [-0.15, -0.1) is 0 Å². The average molecular weight is 289 g/mol. The van der Waals surface area contributed by atoms with Crippen molar-refractivity contribution < 1.29 is 9.90 Å². The molecular weight excluding hydrogens is 270 g/mol. The number of pyridine rings is 1. The molecule has 1 atom stereocenters. The maximum atomic E-state index is 12.1. The van der Waals surface area contributed by atoms with Crippen LogP contribution in [-0.4, -0.2) is 50.5 Å². The van der Waals surface area contributed by atoms with Crippen molar-refractivity contribution in [2.75, 3.05) is 19.0 Å². The molecule has 0 saturated carbocycles. The van der Waals surface area contributed by atoms with Gasteiger partial charge in [0, 0.05) is 19.3 Å². The summed E-state index contributed by atoms with van der Waals surface area (Å²) < 4.78 is 1.66. The first-order valence-electron chi connectivity index (χ1n) is 6.68. The Hall–Kier alpha value is -2.41. The first kappa shape index (κ1) is 15.0. The molecule has 2 amide bonds. The summed E-state index contributed by atoms with van der Waals surface area (Å²) >= 11 is 0. The van der Waals surface area contributed by atoms with E-state index < -0.39 is 0 Å². The van der Waals surface area contributed by atoms with Crippen molar-refractivity contribution >= 4 is 11.8 Å². The van der Waals surface area contributed by atoms with Crippen LogP contribution in [0.15, 0.2) is 36.7 Å². The summed E-state index contributed by atoms with van der Waals surface area (Å²) in [6, 6.07) is 6.82. The third kappa shape index (κ3) is 3.79. The summed E-state index contributed by atoms with van der Waals surface area (Å²) in [4.78, 5) is 17.7. The van der Waals surface area contributed by atoms with E-state index in [2.05, 4.69) is 15.4 Å². The van der Waals surface area contributed by atoms with E-state index in [4.69, 9.17) is 5.11 Å². The molecule has 0 aliphatic heterocycles. The highest BCUT2D eigenvalue weighted by Crippen LogP contribution is 2.10. The van der Waals surface area contributed by atoms with Gasteiger partial charge in [0.15, 0.2) is 0 Å². The molecule has 21 heavy (non-hydrogen) atoms. The van der Waals surface area contributed by atoms with Crippen LogP contribution < -0.4 is 5.32 Å². The molecule has 1 unspecified atom stereocenters. The van der Waals surface area contributed by atoms with Crippen LogP contribution in [0.4, 0.5) is 10.6 Å². The molecule has 0 spiro atoms. The van der Waals surface area contributed by atoms with Gasteiger partial charge in [0.2, 0.25) is 0 Å². The molecular formula is C14H19N5O2. The summed E-state index contributed by atoms with van der Waals surface area (Å²) in [6.45, 7) is 2.16. The van der Waals surface area contributed by atoms with Gasteiger partial charge in [0.1, 0.15) is 5.82 Å². The van der Waals surface area contributed by atoms with Crippen molar-refractivity contribution in [1.29, 1.82) is 0 Å². The maximum Gasteiger partial charge on any atom is 0.323 e. The van der Waals surface area contributed by atoms with Crippen molar-refractivity contribution in [3.05, 3.63) is 42.4 Å². The Morgan fingerprint density at radius 3 is 2.90 bits per heavy atom. The quantitative estimate of drug-likeness (QED) is 0.865. The predicted octanol–water partition coefficient (Wildman–Crippen LogP) is 1.17. The molecule has 2 N–H and O–H groups in total. The Kier molecular flexibility index (Phi) is 4.89. The number of likely N-dealkylation sites (N-methyl/N-ethyl adjacent to an activating group) is 1. The van der Waals surface area contributed by atoms with Gasteiger partial charge >= 0.3 is 6.03 Å². The van der Waals surface area contributed by atoms with Crippen molar-refractivity contribution in [3.63, 3.8) is 0 Å². The fraction of sp³-hybridized carbons (Fsp3) is 0.357. The van der Waals surface area contributed by atoms with Crippen LogP contribution in [-0.2, 0) is 6.54 Å². The Morgan fingerprint density at radius 1 is 1.43 bits per heavy atom. The number of hydrogen-bond donors (Lipinski definition) is 2. The number of hydrogen-bond acceptors (Lipinski definition) is 4. The zero-order valence-corrected chi connectivity index (χ0v) is 12.1. The second kappa shape index (κ2) is 6.85. The lowest BCUT2D eigenvalue weighted by Crippen LogP contribution is -2.40. The van der Waals surface area contributed by atoms with Crippen molar-refractivity contribution in [1.82, 2.24) is 19.7 Å². The van der Waals surface area contributed by atoms with E-state index in [1.165, 1.54) is 4.90 Å². The number of aliphatic hydroxyl groups is 1. The number of nitrogens with one attached hydrogen (secondary N) is 1. The van der Waals surface area contributed by atoms with Gasteiger partial charge in [-0.1, -0.05) is 6.07 Å². The maximum absolute atomic E-state index is 12.1. The van der Waals surface area contributed by atoms with Gasteiger partial charge in [0.05, 0.1) is 31.1 Å². The van der Waals surface area contributed by atoms with Gasteiger partial charge in [-0.3, -0.25) is 10.3 Å². The zero-order valence-electron chi connectivity index (χ0n) is 12.1. The fourth-order valence-electron chi connectivity index (χ4n) is 1.73. The van der Waals surface area contributed by atoms with Crippen LogP contribution in [0.1, 0.15) is 12.6 Å². The van der Waals surface area contributed by atoms with E-state index in [0.29, 0.717) is 12.4 Å². The van der Waals surface area contributed by atoms with Crippen LogP contribution in [0.3, 0.4) is 0 Å². The molecule has 0 fully saturated rings. The number of urea groups is 1. The molecule has 7 heteroatoms. The second-order valence-electron chi connectivity index (χ2n) is 4.77. The van der Waals surface area contributed by atoms with E-state index in [1.54, 1.807) is 37.1 Å². The predicted molar refractivity (Wildman–Crippen MR) is 78.9 cm³/mol. The molecule has 112 valence electrons. The third-order valence-electron chi connectivity index (χ3n) is 3.24. The summed E-state index contributed by atoms with van der Waals surface area (Å²) in [6.07, 6.45) is 3.34. The van der Waals surface area contributed by atoms with Crippen molar-refractivity contribution in [2.24, 2.45) is 0 Å². The minimum atomic E-state index is -0.292. The topological polar surface area (TPSA) is 83.3 Å². The molecule has 0 bridgehead atoms. The molecule has 2 aromatic heterocycles. The Bertz CT molecular complexity index is 584. The number of nitrogens with zero attached hydrogens (tertiary/aromatic N) is 4. The monoisotopic (exact) mass is 289 g/mol. The number of rotatable bonds is 5. The Balaban J connectivity index is 2.05. The van der Waals surface area contributed by atoms with E-state index in [9.17, 15) is 4.79 Å². The smallest absolute Gasteiger partial charge is 0.323 e. The summed E-state index contributed by atoms with van der Waals surface area (Å²) in [5.41, 5.74) is 0.855. The van der Waals surface area contributed by atoms with Crippen LogP contribution in [0, 0.1) is 0 Å². The first-order valence-corrected chi connectivity index (χ1v) is 6.68. The molecule has 0 aliphatic carbocycles. The second-order valence-corrected chi connectivity index (χ2v) is 4.77. The minimum Gasteiger partial charge on any atom is -0.394 e. The number of carbonyl (C=O) groups is 1. The SMILES string of the molecule is CC(CO)N(C)C(=O)Nc1ccnn1Cc1ccccn1. The lowest BCUT2D eigenvalue weighted by Gasteiger charge is -2.23. The van der Waals surface area contributed by atoms with Crippen LogP contribution in [0.5, 0.6) is 0 Å². The van der Waals surface area contributed by atoms with Gasteiger partial charge in [0.25, 0.3) is 0 Å². The summed E-state index contributed by atoms with van der Waals surface area (Å²) in [7, 11) is 1.63. The molecule has 2 rings (SSSR count). The standard InChI is InChI=1S/C14H19N5O2/c1-11(10-20)18(2)14(21)17-13-6-8-16-19(13)9-12-5-3-4-7-15-12/h3-8,11,20H,9-10H2,1-2H3,(H,17,21). The molecule has 0 aliphatic rings. The lowest BCUT2D eigenvalue weighted by molar-refractivity contribution is 0.166. The number of anilines is 1. The highest BCUT2D eigenvalue weighted by Gasteiger charge is 2.16. The number of amides is 2. The molecule has 0 aromatic carbocycles. The fourth-order valence-corrected chi connectivity index (χ4v) is 1.73. The van der Waals surface area contributed by atoms with E-state index in [1.807, 2.05) is 18.2 Å². The average Bonchev–Trinajstić information content (AvgIpc) is 2.93. The normalized spacial score (nSPS) is 12.0. The summed E-state index contributed by atoms with van der Waals surface area (Å²) in [5, 5.41) is 16.0. The zero-order chi connectivity index (χ0) is 15.2.